The number of anilines is 1. The van der Waals surface area contributed by atoms with Crippen LogP contribution in [-0.4, -0.2) is 28.9 Å². The fraction of sp³-hybridized carbons (Fsp3) is 0.115. The van der Waals surface area contributed by atoms with Crippen molar-refractivity contribution in [2.45, 2.75) is 13.0 Å². The summed E-state index contributed by atoms with van der Waals surface area (Å²) in [5.41, 5.74) is 1.94. The molecule has 35 heavy (non-hydrogen) atoms. The second-order valence-electron chi connectivity index (χ2n) is 8.02. The number of methoxy groups -OCH3 is 1. The van der Waals surface area contributed by atoms with Gasteiger partial charge in [0.05, 0.1) is 18.7 Å². The molecule has 176 valence electrons. The first-order chi connectivity index (χ1) is 16.8. The van der Waals surface area contributed by atoms with Gasteiger partial charge in [-0.15, -0.1) is 0 Å². The lowest BCUT2D eigenvalue weighted by atomic mass is 9.95. The number of halogens is 2. The number of furan rings is 1. The van der Waals surface area contributed by atoms with E-state index in [1.54, 1.807) is 61.8 Å². The molecule has 0 saturated carbocycles. The van der Waals surface area contributed by atoms with Gasteiger partial charge >= 0.3 is 0 Å². The molecule has 0 aliphatic carbocycles. The molecule has 0 bridgehead atoms. The average Bonchev–Trinajstić information content (AvgIpc) is 3.38. The van der Waals surface area contributed by atoms with Gasteiger partial charge in [0.15, 0.2) is 22.9 Å². The van der Waals surface area contributed by atoms with Crippen LogP contribution in [0, 0.1) is 6.92 Å². The Hall–Kier alpha value is -3.81. The predicted molar refractivity (Wildman–Crippen MR) is 132 cm³/mol. The van der Waals surface area contributed by atoms with Crippen molar-refractivity contribution in [1.29, 1.82) is 0 Å². The van der Waals surface area contributed by atoms with Crippen molar-refractivity contribution in [3.05, 3.63) is 99.2 Å². The fourth-order valence-electron chi connectivity index (χ4n) is 4.31. The number of rotatable bonds is 5. The van der Waals surface area contributed by atoms with Crippen molar-refractivity contribution < 1.29 is 23.8 Å². The first-order valence-corrected chi connectivity index (χ1v) is 11.3. The van der Waals surface area contributed by atoms with Crippen molar-refractivity contribution >= 4 is 51.5 Å². The van der Waals surface area contributed by atoms with E-state index in [0.29, 0.717) is 43.6 Å². The monoisotopic (exact) mass is 508 g/mol. The van der Waals surface area contributed by atoms with Crippen LogP contribution in [0.1, 0.15) is 27.7 Å². The second-order valence-corrected chi connectivity index (χ2v) is 8.90. The van der Waals surface area contributed by atoms with Crippen LogP contribution >= 0.6 is 23.2 Å². The van der Waals surface area contributed by atoms with Crippen LogP contribution in [0.15, 0.2) is 76.7 Å². The van der Waals surface area contributed by atoms with Crippen LogP contribution in [-0.2, 0) is 4.79 Å². The summed E-state index contributed by atoms with van der Waals surface area (Å²) < 4.78 is 11.1. The lowest BCUT2D eigenvalue weighted by Crippen LogP contribution is -2.31. The summed E-state index contributed by atoms with van der Waals surface area (Å²) in [6, 6.07) is 12.2. The molecule has 2 aromatic heterocycles. The molecule has 7 nitrogen and oxygen atoms in total. The molecule has 4 aromatic rings. The topological polar surface area (TPSA) is 92.9 Å². The highest BCUT2D eigenvalue weighted by Gasteiger charge is 2.46. The van der Waals surface area contributed by atoms with Gasteiger partial charge in [-0.2, -0.15) is 0 Å². The highest BCUT2D eigenvalue weighted by atomic mass is 35.5. The summed E-state index contributed by atoms with van der Waals surface area (Å²) >= 11 is 12.3. The highest BCUT2D eigenvalue weighted by molar-refractivity contribution is 6.32. The molecule has 2 aromatic carbocycles. The van der Waals surface area contributed by atoms with Gasteiger partial charge in [0.1, 0.15) is 0 Å². The number of aryl methyl sites for hydroxylation is 1. The van der Waals surface area contributed by atoms with Gasteiger partial charge in [-0.25, -0.2) is 0 Å². The quantitative estimate of drug-likeness (QED) is 0.321. The van der Waals surface area contributed by atoms with Gasteiger partial charge in [-0.3, -0.25) is 19.5 Å². The molecule has 1 atom stereocenters. The molecule has 1 N–H and O–H groups in total. The van der Waals surface area contributed by atoms with E-state index in [1.165, 1.54) is 18.1 Å². The minimum atomic E-state index is -0.942. The van der Waals surface area contributed by atoms with Gasteiger partial charge < -0.3 is 14.3 Å². The number of amides is 1. The Bertz CT molecular complexity index is 1530. The van der Waals surface area contributed by atoms with Crippen molar-refractivity contribution in [1.82, 2.24) is 4.98 Å². The number of fused-ring (bicyclic) bond motifs is 1. The molecular weight excluding hydrogens is 491 g/mol. The Morgan fingerprint density at radius 2 is 1.94 bits per heavy atom. The molecule has 1 amide bonds. The Morgan fingerprint density at radius 3 is 2.63 bits per heavy atom. The third-order valence-electron chi connectivity index (χ3n) is 5.86. The summed E-state index contributed by atoms with van der Waals surface area (Å²) in [6.07, 6.45) is 3.13. The first kappa shape index (κ1) is 23.0. The summed E-state index contributed by atoms with van der Waals surface area (Å²) in [4.78, 5) is 32.6. The van der Waals surface area contributed by atoms with Crippen LogP contribution in [0.25, 0.3) is 11.0 Å². The zero-order chi connectivity index (χ0) is 24.9. The number of nitrogens with zero attached hydrogens (tertiary/aromatic N) is 2. The lowest BCUT2D eigenvalue weighted by Gasteiger charge is -2.27. The molecule has 1 unspecified atom stereocenters. The molecule has 0 fully saturated rings. The number of aliphatic hydroxyl groups excluding tert-OH is 1. The Labute approximate surface area is 210 Å². The molecule has 1 aliphatic rings. The SMILES string of the molecule is COc1cc(Cl)cc2cc(C(=O)C3=C(O)C(=O)N(c4ccc(Cl)cc4C)C3c3cccnc3)oc12. The summed E-state index contributed by atoms with van der Waals surface area (Å²) in [5.74, 6) is -1.74. The number of carbonyl (C=O) groups is 2. The fourth-order valence-corrected chi connectivity index (χ4v) is 4.75. The third-order valence-corrected chi connectivity index (χ3v) is 6.32. The molecule has 0 radical (unpaired) electrons. The Morgan fingerprint density at radius 1 is 1.14 bits per heavy atom. The number of hydrogen-bond acceptors (Lipinski definition) is 6. The van der Waals surface area contributed by atoms with E-state index in [2.05, 4.69) is 4.98 Å². The van der Waals surface area contributed by atoms with Gasteiger partial charge in [-0.1, -0.05) is 29.3 Å². The van der Waals surface area contributed by atoms with Crippen molar-refractivity contribution in [2.75, 3.05) is 12.0 Å². The zero-order valence-electron chi connectivity index (χ0n) is 18.6. The molecule has 1 aliphatic heterocycles. The van der Waals surface area contributed by atoms with Crippen molar-refractivity contribution in [3.63, 3.8) is 0 Å². The van der Waals surface area contributed by atoms with Crippen LogP contribution in [0.5, 0.6) is 5.75 Å². The lowest BCUT2D eigenvalue weighted by molar-refractivity contribution is -0.117. The average molecular weight is 509 g/mol. The smallest absolute Gasteiger partial charge is 0.294 e. The number of Topliss-reactive ketones (excluding diaryl/α,β-unsaturated/α-hetero) is 1. The van der Waals surface area contributed by atoms with E-state index in [9.17, 15) is 14.7 Å². The van der Waals surface area contributed by atoms with Crippen molar-refractivity contribution in [2.24, 2.45) is 0 Å². The van der Waals surface area contributed by atoms with E-state index in [4.69, 9.17) is 32.4 Å². The Kier molecular flexibility index (Phi) is 5.75. The molecule has 9 heteroatoms. The van der Waals surface area contributed by atoms with Gasteiger partial charge in [0, 0.05) is 39.6 Å². The number of carbonyl (C=O) groups excluding carboxylic acids is 2. The Balaban J connectivity index is 1.67. The van der Waals surface area contributed by atoms with Gasteiger partial charge in [0.25, 0.3) is 5.91 Å². The van der Waals surface area contributed by atoms with Gasteiger partial charge in [-0.05, 0) is 54.4 Å². The normalized spacial score (nSPS) is 15.8. The number of benzene rings is 2. The molecule has 3 heterocycles. The summed E-state index contributed by atoms with van der Waals surface area (Å²) in [6.45, 7) is 1.79. The van der Waals surface area contributed by atoms with Crippen LogP contribution in [0.2, 0.25) is 10.0 Å². The summed E-state index contributed by atoms with van der Waals surface area (Å²) in [7, 11) is 1.46. The van der Waals surface area contributed by atoms with E-state index in [-0.39, 0.29) is 11.3 Å². The van der Waals surface area contributed by atoms with E-state index in [1.807, 2.05) is 0 Å². The number of hydrogen-bond donors (Lipinski definition) is 1. The summed E-state index contributed by atoms with van der Waals surface area (Å²) in [5, 5.41) is 12.4. The third kappa shape index (κ3) is 3.83. The van der Waals surface area contributed by atoms with E-state index < -0.39 is 23.5 Å². The molecule has 0 spiro atoms. The van der Waals surface area contributed by atoms with E-state index in [0.717, 1.165) is 0 Å². The molecule has 5 rings (SSSR count). The molecule has 0 saturated heterocycles. The van der Waals surface area contributed by atoms with Crippen LogP contribution in [0.4, 0.5) is 5.69 Å². The first-order valence-electron chi connectivity index (χ1n) is 10.5. The highest BCUT2D eigenvalue weighted by Crippen LogP contribution is 2.44. The number of aromatic nitrogens is 1. The van der Waals surface area contributed by atoms with E-state index >= 15 is 0 Å². The van der Waals surface area contributed by atoms with Crippen LogP contribution in [0.3, 0.4) is 0 Å². The van der Waals surface area contributed by atoms with Crippen LogP contribution < -0.4 is 9.64 Å². The van der Waals surface area contributed by atoms with Crippen molar-refractivity contribution in [3.8, 4) is 5.75 Å². The molecular formula is C26H18Cl2N2O5. The standard InChI is InChI=1S/C26H18Cl2N2O5/c1-13-8-16(27)5-6-18(13)30-22(14-4-3-7-29-12-14)21(24(32)26(30)33)23(31)19-10-15-9-17(28)11-20(34-2)25(15)35-19/h3-12,22,32H,1-2H3. The maximum absolute atomic E-state index is 13.8. The number of ketones is 1. The zero-order valence-corrected chi connectivity index (χ0v) is 20.1. The maximum atomic E-state index is 13.8. The largest absolute Gasteiger partial charge is 0.503 e. The predicted octanol–water partition coefficient (Wildman–Crippen LogP) is 6.23. The number of aliphatic hydroxyl groups is 1. The number of ether oxygens (including phenoxy) is 1. The minimum absolute atomic E-state index is 0.0708. The maximum Gasteiger partial charge on any atom is 0.294 e. The minimum Gasteiger partial charge on any atom is -0.503 e. The van der Waals surface area contributed by atoms with Gasteiger partial charge in [0.2, 0.25) is 5.78 Å². The second kappa shape index (κ2) is 8.76. The number of pyridine rings is 1.